The highest BCUT2D eigenvalue weighted by Crippen LogP contribution is 2.11. The Bertz CT molecular complexity index is 616. The van der Waals surface area contributed by atoms with Gasteiger partial charge >= 0.3 is 0 Å². The minimum Gasteiger partial charge on any atom is -0.492 e. The molecular weight excluding hydrogens is 316 g/mol. The second kappa shape index (κ2) is 8.88. The predicted octanol–water partition coefficient (Wildman–Crippen LogP) is 0.855. The van der Waals surface area contributed by atoms with Crippen LogP contribution in [-0.2, 0) is 14.6 Å². The van der Waals surface area contributed by atoms with Gasteiger partial charge in [0.15, 0.2) is 0 Å². The van der Waals surface area contributed by atoms with Crippen LogP contribution in [0.5, 0.6) is 5.75 Å². The lowest BCUT2D eigenvalue weighted by Crippen LogP contribution is -2.42. The minimum atomic E-state index is -3.05. The van der Waals surface area contributed by atoms with Crippen molar-refractivity contribution in [1.82, 2.24) is 10.2 Å². The number of carbonyl (C=O) groups is 1. The smallest absolute Gasteiger partial charge is 0.234 e. The normalized spacial score (nSPS) is 12.9. The maximum absolute atomic E-state index is 11.8. The van der Waals surface area contributed by atoms with Gasteiger partial charge in [-0.1, -0.05) is 12.1 Å². The van der Waals surface area contributed by atoms with Crippen molar-refractivity contribution in [3.8, 4) is 5.75 Å². The van der Waals surface area contributed by atoms with Crippen LogP contribution in [-0.4, -0.2) is 64.0 Å². The number of ether oxygens (including phenoxy) is 1. The summed E-state index contributed by atoms with van der Waals surface area (Å²) < 4.78 is 28.1. The van der Waals surface area contributed by atoms with Gasteiger partial charge in [-0.05, 0) is 38.6 Å². The van der Waals surface area contributed by atoms with E-state index in [-0.39, 0.29) is 24.2 Å². The molecule has 0 saturated heterocycles. The van der Waals surface area contributed by atoms with E-state index < -0.39 is 9.84 Å². The van der Waals surface area contributed by atoms with Crippen molar-refractivity contribution in [1.29, 1.82) is 0 Å². The van der Waals surface area contributed by atoms with Gasteiger partial charge in [0.25, 0.3) is 0 Å². The maximum Gasteiger partial charge on any atom is 0.234 e. The molecule has 0 aliphatic heterocycles. The van der Waals surface area contributed by atoms with Crippen molar-refractivity contribution in [2.45, 2.75) is 19.9 Å². The summed E-state index contributed by atoms with van der Waals surface area (Å²) >= 11 is 0. The molecule has 1 atom stereocenters. The van der Waals surface area contributed by atoms with Gasteiger partial charge in [-0.15, -0.1) is 0 Å². The number of amides is 1. The maximum atomic E-state index is 11.8. The van der Waals surface area contributed by atoms with Crippen molar-refractivity contribution in [3.05, 3.63) is 29.8 Å². The monoisotopic (exact) mass is 342 g/mol. The number of benzene rings is 1. The fraction of sp³-hybridized carbons (Fsp3) is 0.562. The quantitative estimate of drug-likeness (QED) is 0.674. The number of hydrogen-bond donors (Lipinski definition) is 1. The topological polar surface area (TPSA) is 75.7 Å². The van der Waals surface area contributed by atoms with E-state index in [1.54, 1.807) is 18.9 Å². The number of hydrogen-bond acceptors (Lipinski definition) is 5. The lowest BCUT2D eigenvalue weighted by Gasteiger charge is -2.23. The van der Waals surface area contributed by atoms with E-state index in [2.05, 4.69) is 5.32 Å². The molecule has 1 N–H and O–H groups in total. The van der Waals surface area contributed by atoms with Gasteiger partial charge in [0, 0.05) is 12.3 Å². The van der Waals surface area contributed by atoms with E-state index in [1.807, 2.05) is 31.2 Å². The molecule has 6 nitrogen and oxygen atoms in total. The van der Waals surface area contributed by atoms with E-state index in [1.165, 1.54) is 6.26 Å². The Hall–Kier alpha value is -1.60. The fourth-order valence-corrected chi connectivity index (χ4v) is 3.20. The average Bonchev–Trinajstić information content (AvgIpc) is 2.42. The van der Waals surface area contributed by atoms with E-state index in [9.17, 15) is 13.2 Å². The van der Waals surface area contributed by atoms with Crippen molar-refractivity contribution < 1.29 is 17.9 Å². The first-order valence-electron chi connectivity index (χ1n) is 7.51. The SMILES string of the molecule is Cc1cccc(OCCNC(=O)CN(C)[C@H](C)CS(C)(=O)=O)c1. The first kappa shape index (κ1) is 19.4. The highest BCUT2D eigenvalue weighted by atomic mass is 32.2. The van der Waals surface area contributed by atoms with Gasteiger partial charge in [-0.25, -0.2) is 8.42 Å². The van der Waals surface area contributed by atoms with E-state index >= 15 is 0 Å². The van der Waals surface area contributed by atoms with Crippen LogP contribution in [0.25, 0.3) is 0 Å². The second-order valence-corrected chi connectivity index (χ2v) is 8.06. The van der Waals surface area contributed by atoms with Gasteiger partial charge in [-0.3, -0.25) is 9.69 Å². The Morgan fingerprint density at radius 1 is 1.39 bits per heavy atom. The molecule has 0 bridgehead atoms. The molecule has 130 valence electrons. The third-order valence-corrected chi connectivity index (χ3v) is 4.46. The highest BCUT2D eigenvalue weighted by molar-refractivity contribution is 7.90. The summed E-state index contributed by atoms with van der Waals surface area (Å²) in [7, 11) is -1.32. The van der Waals surface area contributed by atoms with Gasteiger partial charge in [-0.2, -0.15) is 0 Å². The van der Waals surface area contributed by atoms with Crippen molar-refractivity contribution >= 4 is 15.7 Å². The van der Waals surface area contributed by atoms with Crippen LogP contribution in [0.2, 0.25) is 0 Å². The summed E-state index contributed by atoms with van der Waals surface area (Å²) in [5.41, 5.74) is 1.12. The Morgan fingerprint density at radius 3 is 2.70 bits per heavy atom. The largest absolute Gasteiger partial charge is 0.492 e. The lowest BCUT2D eigenvalue weighted by atomic mass is 10.2. The molecule has 0 saturated carbocycles. The number of rotatable bonds is 9. The number of nitrogens with zero attached hydrogens (tertiary/aromatic N) is 1. The molecule has 23 heavy (non-hydrogen) atoms. The van der Waals surface area contributed by atoms with Crippen LogP contribution in [0, 0.1) is 6.92 Å². The number of carbonyl (C=O) groups excluding carboxylic acids is 1. The first-order chi connectivity index (χ1) is 10.7. The van der Waals surface area contributed by atoms with E-state index in [4.69, 9.17) is 4.74 Å². The molecule has 0 heterocycles. The third kappa shape index (κ3) is 8.56. The lowest BCUT2D eigenvalue weighted by molar-refractivity contribution is -0.122. The Morgan fingerprint density at radius 2 is 2.09 bits per heavy atom. The van der Waals surface area contributed by atoms with Crippen LogP contribution in [0.4, 0.5) is 0 Å². The molecule has 1 amide bonds. The van der Waals surface area contributed by atoms with Crippen molar-refractivity contribution in [3.63, 3.8) is 0 Å². The highest BCUT2D eigenvalue weighted by Gasteiger charge is 2.17. The summed E-state index contributed by atoms with van der Waals surface area (Å²) in [6, 6.07) is 7.50. The number of nitrogens with one attached hydrogen (secondary N) is 1. The molecule has 7 heteroatoms. The second-order valence-electron chi connectivity index (χ2n) is 5.87. The summed E-state index contributed by atoms with van der Waals surface area (Å²) in [6.07, 6.45) is 1.19. The van der Waals surface area contributed by atoms with Crippen molar-refractivity contribution in [2.75, 3.05) is 38.8 Å². The molecule has 1 rings (SSSR count). The zero-order valence-electron chi connectivity index (χ0n) is 14.2. The molecular formula is C16H26N2O4S. The van der Waals surface area contributed by atoms with Gasteiger partial charge in [0.05, 0.1) is 18.8 Å². The molecule has 0 fully saturated rings. The molecule has 0 radical (unpaired) electrons. The number of sulfone groups is 1. The molecule has 1 aromatic carbocycles. The Kier molecular flexibility index (Phi) is 7.51. The van der Waals surface area contributed by atoms with Crippen LogP contribution in [0.3, 0.4) is 0 Å². The first-order valence-corrected chi connectivity index (χ1v) is 9.57. The van der Waals surface area contributed by atoms with Gasteiger partial charge in [0.1, 0.15) is 22.2 Å². The van der Waals surface area contributed by atoms with E-state index in [0.29, 0.717) is 13.2 Å². The fourth-order valence-electron chi connectivity index (χ4n) is 2.07. The van der Waals surface area contributed by atoms with Crippen LogP contribution >= 0.6 is 0 Å². The van der Waals surface area contributed by atoms with Crippen molar-refractivity contribution in [2.24, 2.45) is 0 Å². The molecule has 0 aliphatic rings. The number of likely N-dealkylation sites (N-methyl/N-ethyl adjacent to an activating group) is 1. The van der Waals surface area contributed by atoms with Gasteiger partial charge < -0.3 is 10.1 Å². The molecule has 0 aromatic heterocycles. The predicted molar refractivity (Wildman–Crippen MR) is 91.5 cm³/mol. The third-order valence-electron chi connectivity index (χ3n) is 3.37. The zero-order chi connectivity index (χ0) is 17.5. The summed E-state index contributed by atoms with van der Waals surface area (Å²) in [6.45, 7) is 4.72. The molecule has 0 spiro atoms. The summed E-state index contributed by atoms with van der Waals surface area (Å²) in [5.74, 6) is 0.659. The summed E-state index contributed by atoms with van der Waals surface area (Å²) in [4.78, 5) is 13.6. The minimum absolute atomic E-state index is 0.0350. The average molecular weight is 342 g/mol. The Balaban J connectivity index is 2.26. The Labute approximate surface area is 138 Å². The molecule has 0 aliphatic carbocycles. The molecule has 1 aromatic rings. The molecule has 0 unspecified atom stereocenters. The van der Waals surface area contributed by atoms with Crippen LogP contribution in [0.1, 0.15) is 12.5 Å². The van der Waals surface area contributed by atoms with Gasteiger partial charge in [0.2, 0.25) is 5.91 Å². The summed E-state index contributed by atoms with van der Waals surface area (Å²) in [5, 5.41) is 2.76. The van der Waals surface area contributed by atoms with E-state index in [0.717, 1.165) is 11.3 Å². The van der Waals surface area contributed by atoms with Crippen LogP contribution < -0.4 is 10.1 Å². The van der Waals surface area contributed by atoms with Crippen LogP contribution in [0.15, 0.2) is 24.3 Å². The zero-order valence-corrected chi connectivity index (χ0v) is 15.0. The number of aryl methyl sites for hydroxylation is 1. The standard InChI is InChI=1S/C16H26N2O4S/c1-13-6-5-7-15(10-13)22-9-8-17-16(19)11-18(3)14(2)12-23(4,20)21/h5-7,10,14H,8-9,11-12H2,1-4H3,(H,17,19)/t14-/m1/s1.